The molecule has 0 aromatic carbocycles. The van der Waals surface area contributed by atoms with Crippen LogP contribution in [0, 0.1) is 10.8 Å². The maximum absolute atomic E-state index is 11.1. The van der Waals surface area contributed by atoms with Gasteiger partial charge in [0.15, 0.2) is 0 Å². The molecule has 0 fully saturated rings. The van der Waals surface area contributed by atoms with Gasteiger partial charge in [0.1, 0.15) is 0 Å². The van der Waals surface area contributed by atoms with Crippen molar-refractivity contribution >= 4 is 23.7 Å². The monoisotopic (exact) mass is 375 g/mol. The highest BCUT2D eigenvalue weighted by Gasteiger charge is 2.27. The maximum atomic E-state index is 11.1. The first-order chi connectivity index (χ1) is 11.5. The van der Waals surface area contributed by atoms with Gasteiger partial charge >= 0.3 is 11.9 Å². The number of carboxylic acids is 2. The van der Waals surface area contributed by atoms with Gasteiger partial charge in [0.2, 0.25) is 0 Å². The van der Waals surface area contributed by atoms with E-state index in [9.17, 15) is 9.59 Å². The molecule has 5 nitrogen and oxygen atoms in total. The van der Waals surface area contributed by atoms with E-state index in [-0.39, 0.29) is 0 Å². The predicted octanol–water partition coefficient (Wildman–Crippen LogP) is 4.21. The van der Waals surface area contributed by atoms with Crippen LogP contribution in [0.4, 0.5) is 0 Å². The van der Waals surface area contributed by atoms with Gasteiger partial charge in [-0.2, -0.15) is 11.8 Å². The summed E-state index contributed by atoms with van der Waals surface area (Å²) in [6.45, 7) is 10.1. The van der Waals surface area contributed by atoms with Crippen LogP contribution >= 0.6 is 11.8 Å². The Bertz CT molecular complexity index is 376. The number of thioether (sulfide) groups is 1. The molecule has 0 aliphatic rings. The number of carboxylic acid groups (broad SMARTS) is 2. The van der Waals surface area contributed by atoms with Crippen LogP contribution in [0.25, 0.3) is 0 Å². The lowest BCUT2D eigenvalue weighted by Crippen LogP contribution is -2.30. The number of nitrogens with zero attached hydrogens (tertiary/aromatic N) is 1. The van der Waals surface area contributed by atoms with Crippen molar-refractivity contribution in [2.45, 2.75) is 66.2 Å². The fraction of sp³-hybridized carbons (Fsp3) is 0.895. The fourth-order valence-electron chi connectivity index (χ4n) is 2.57. The molecule has 0 aliphatic carbocycles. The standard InChI is InChI=1S/C19H37NO4S/c1-18(2,16(21)22)10-6-8-12-20(14-15-25-5)13-9-7-11-19(3,4)17(23)24/h6-15H2,1-5H3,(H,21,22)(H,23,24). The molecule has 2 N–H and O–H groups in total. The average Bonchev–Trinajstić information content (AvgIpc) is 2.51. The van der Waals surface area contributed by atoms with Crippen LogP contribution in [0.15, 0.2) is 0 Å². The zero-order chi connectivity index (χ0) is 19.5. The third-order valence-electron chi connectivity index (χ3n) is 4.82. The molecule has 0 heterocycles. The van der Waals surface area contributed by atoms with Crippen molar-refractivity contribution in [3.8, 4) is 0 Å². The molecule has 0 aromatic heterocycles. The SMILES string of the molecule is CSCCN(CCCCC(C)(C)C(=O)O)CCCCC(C)(C)C(=O)O. The van der Waals surface area contributed by atoms with E-state index < -0.39 is 22.8 Å². The molecule has 6 heteroatoms. The Kier molecular flexibility index (Phi) is 11.4. The molecule has 0 radical (unpaired) electrons. The molecular weight excluding hydrogens is 338 g/mol. The summed E-state index contributed by atoms with van der Waals surface area (Å²) in [5, 5.41) is 18.3. The Morgan fingerprint density at radius 1 is 0.800 bits per heavy atom. The van der Waals surface area contributed by atoms with E-state index >= 15 is 0 Å². The van der Waals surface area contributed by atoms with Gasteiger partial charge in [0, 0.05) is 12.3 Å². The zero-order valence-corrected chi connectivity index (χ0v) is 17.5. The first-order valence-corrected chi connectivity index (χ1v) is 10.6. The predicted molar refractivity (Wildman–Crippen MR) is 105 cm³/mol. The van der Waals surface area contributed by atoms with E-state index in [0.29, 0.717) is 12.8 Å². The number of hydrogen-bond donors (Lipinski definition) is 2. The minimum Gasteiger partial charge on any atom is -0.481 e. The Morgan fingerprint density at radius 2 is 1.20 bits per heavy atom. The molecule has 0 bridgehead atoms. The van der Waals surface area contributed by atoms with E-state index in [1.165, 1.54) is 0 Å². The smallest absolute Gasteiger partial charge is 0.309 e. The summed E-state index contributed by atoms with van der Waals surface area (Å²) in [5.41, 5.74) is -1.29. The molecule has 0 saturated carbocycles. The van der Waals surface area contributed by atoms with Crippen LogP contribution in [-0.4, -0.2) is 58.7 Å². The second-order valence-corrected chi connectivity index (χ2v) is 9.11. The lowest BCUT2D eigenvalue weighted by molar-refractivity contribution is -0.148. The second-order valence-electron chi connectivity index (χ2n) is 8.13. The van der Waals surface area contributed by atoms with Crippen LogP contribution < -0.4 is 0 Å². The highest BCUT2D eigenvalue weighted by atomic mass is 32.2. The number of carbonyl (C=O) groups is 2. The highest BCUT2D eigenvalue weighted by molar-refractivity contribution is 7.98. The van der Waals surface area contributed by atoms with E-state index in [1.54, 1.807) is 27.7 Å². The molecule has 0 amide bonds. The average molecular weight is 376 g/mol. The lowest BCUT2D eigenvalue weighted by Gasteiger charge is -2.24. The Balaban J connectivity index is 4.16. The van der Waals surface area contributed by atoms with Crippen molar-refractivity contribution in [2.75, 3.05) is 31.6 Å². The number of rotatable bonds is 15. The van der Waals surface area contributed by atoms with Crippen molar-refractivity contribution in [3.63, 3.8) is 0 Å². The van der Waals surface area contributed by atoms with Crippen molar-refractivity contribution in [1.29, 1.82) is 0 Å². The van der Waals surface area contributed by atoms with Gasteiger partial charge in [-0.1, -0.05) is 12.8 Å². The largest absolute Gasteiger partial charge is 0.481 e. The number of unbranched alkanes of at least 4 members (excludes halogenated alkanes) is 2. The van der Waals surface area contributed by atoms with E-state index in [1.807, 2.05) is 11.8 Å². The van der Waals surface area contributed by atoms with Crippen LogP contribution in [0.3, 0.4) is 0 Å². The molecule has 0 aromatic rings. The third-order valence-corrected chi connectivity index (χ3v) is 5.41. The van der Waals surface area contributed by atoms with E-state index in [0.717, 1.165) is 51.1 Å². The fourth-order valence-corrected chi connectivity index (χ4v) is 3.02. The van der Waals surface area contributed by atoms with Gasteiger partial charge in [-0.3, -0.25) is 9.59 Å². The van der Waals surface area contributed by atoms with E-state index in [2.05, 4.69) is 11.2 Å². The Hall–Kier alpha value is -0.750. The molecule has 0 saturated heterocycles. The molecule has 25 heavy (non-hydrogen) atoms. The quantitative estimate of drug-likeness (QED) is 0.417. The lowest BCUT2D eigenvalue weighted by atomic mass is 9.87. The van der Waals surface area contributed by atoms with E-state index in [4.69, 9.17) is 10.2 Å². The molecule has 0 aliphatic heterocycles. The van der Waals surface area contributed by atoms with Gasteiger partial charge in [0.25, 0.3) is 0 Å². The summed E-state index contributed by atoms with van der Waals surface area (Å²) >= 11 is 1.83. The minimum absolute atomic E-state index is 0.646. The normalized spacial score (nSPS) is 12.6. The van der Waals surface area contributed by atoms with Crippen LogP contribution in [0.1, 0.15) is 66.2 Å². The van der Waals surface area contributed by atoms with Gasteiger partial charge in [-0.05, 0) is 72.7 Å². The van der Waals surface area contributed by atoms with Crippen LogP contribution in [0.2, 0.25) is 0 Å². The molecule has 0 unspecified atom stereocenters. The molecule has 148 valence electrons. The van der Waals surface area contributed by atoms with Crippen molar-refractivity contribution in [3.05, 3.63) is 0 Å². The number of hydrogen-bond acceptors (Lipinski definition) is 4. The van der Waals surface area contributed by atoms with Gasteiger partial charge in [-0.15, -0.1) is 0 Å². The third kappa shape index (κ3) is 10.8. The highest BCUT2D eigenvalue weighted by Crippen LogP contribution is 2.24. The summed E-state index contributed by atoms with van der Waals surface area (Å²) in [7, 11) is 0. The molecular formula is C19H37NO4S. The number of aliphatic carboxylic acids is 2. The summed E-state index contributed by atoms with van der Waals surface area (Å²) in [4.78, 5) is 24.7. The van der Waals surface area contributed by atoms with Gasteiger partial charge < -0.3 is 15.1 Å². The summed E-state index contributed by atoms with van der Waals surface area (Å²) in [5.74, 6) is -0.373. The van der Waals surface area contributed by atoms with Crippen molar-refractivity contribution < 1.29 is 19.8 Å². The van der Waals surface area contributed by atoms with Crippen molar-refractivity contribution in [2.24, 2.45) is 10.8 Å². The van der Waals surface area contributed by atoms with Gasteiger partial charge in [0.05, 0.1) is 10.8 Å². The van der Waals surface area contributed by atoms with Gasteiger partial charge in [-0.25, -0.2) is 0 Å². The Labute approximate surface area is 157 Å². The zero-order valence-electron chi connectivity index (χ0n) is 16.6. The van der Waals surface area contributed by atoms with Crippen LogP contribution in [-0.2, 0) is 9.59 Å². The Morgan fingerprint density at radius 3 is 1.52 bits per heavy atom. The maximum Gasteiger partial charge on any atom is 0.309 e. The summed E-state index contributed by atoms with van der Waals surface area (Å²) < 4.78 is 0. The van der Waals surface area contributed by atoms with Crippen molar-refractivity contribution in [1.82, 2.24) is 4.90 Å². The second kappa shape index (κ2) is 11.8. The first kappa shape index (κ1) is 24.2. The summed E-state index contributed by atoms with van der Waals surface area (Å²) in [6, 6.07) is 0. The molecule has 0 rings (SSSR count). The topological polar surface area (TPSA) is 77.8 Å². The van der Waals surface area contributed by atoms with Crippen LogP contribution in [0.5, 0.6) is 0 Å². The summed E-state index contributed by atoms with van der Waals surface area (Å²) in [6.07, 6.45) is 7.35. The first-order valence-electron chi connectivity index (χ1n) is 9.21. The minimum atomic E-state index is -0.729. The molecule has 0 spiro atoms. The molecule has 0 atom stereocenters.